The van der Waals surface area contributed by atoms with Crippen LogP contribution in [0.4, 0.5) is 5.82 Å². The smallest absolute Gasteiger partial charge is 0.146 e. The molecule has 0 aliphatic carbocycles. The van der Waals surface area contributed by atoms with Gasteiger partial charge >= 0.3 is 0 Å². The summed E-state index contributed by atoms with van der Waals surface area (Å²) in [5.74, 6) is 0.359. The number of nitrogens with two attached hydrogens (primary N) is 1. The van der Waals surface area contributed by atoms with E-state index in [0.29, 0.717) is 46.5 Å². The number of fused-ring (bicyclic) bond motifs is 1. The Morgan fingerprint density at radius 3 is 2.46 bits per heavy atom. The van der Waals surface area contributed by atoms with Crippen molar-refractivity contribution in [1.82, 2.24) is 24.9 Å². The monoisotopic (exact) mass is 578 g/mol. The lowest BCUT2D eigenvalue weighted by Crippen LogP contribution is -2.18. The quantitative estimate of drug-likeness (QED) is 0.213. The number of halogens is 1. The van der Waals surface area contributed by atoms with Crippen LogP contribution in [0.15, 0.2) is 85.2 Å². The predicted molar refractivity (Wildman–Crippen MR) is 165 cm³/mol. The largest absolute Gasteiger partial charge is 0.384 e. The summed E-state index contributed by atoms with van der Waals surface area (Å²) >= 11 is 8.24. The summed E-state index contributed by atoms with van der Waals surface area (Å²) in [6.45, 7) is 3.46. The zero-order chi connectivity index (χ0) is 28.6. The number of benzene rings is 2. The van der Waals surface area contributed by atoms with Crippen molar-refractivity contribution >= 4 is 39.7 Å². The van der Waals surface area contributed by atoms with Gasteiger partial charge in [0, 0.05) is 52.3 Å². The summed E-state index contributed by atoms with van der Waals surface area (Å²) in [5, 5.41) is 12.7. The maximum absolute atomic E-state index is 10.3. The van der Waals surface area contributed by atoms with Gasteiger partial charge in [-0.15, -0.1) is 11.3 Å². The number of thiazole rings is 1. The van der Waals surface area contributed by atoms with E-state index in [0.717, 1.165) is 37.6 Å². The maximum Gasteiger partial charge on any atom is 0.146 e. The van der Waals surface area contributed by atoms with E-state index in [2.05, 4.69) is 15.0 Å². The van der Waals surface area contributed by atoms with Gasteiger partial charge in [-0.05, 0) is 44.2 Å². The van der Waals surface area contributed by atoms with Crippen molar-refractivity contribution in [3.63, 3.8) is 0 Å². The van der Waals surface area contributed by atoms with Gasteiger partial charge in [-0.3, -0.25) is 9.97 Å². The average Bonchev–Trinajstić information content (AvgIpc) is 3.40. The Labute approximate surface area is 246 Å². The predicted octanol–water partition coefficient (Wildman–Crippen LogP) is 6.85. The van der Waals surface area contributed by atoms with Gasteiger partial charge in [-0.2, -0.15) is 0 Å². The number of hydrogen-bond acceptors (Lipinski definition) is 8. The van der Waals surface area contributed by atoms with Crippen molar-refractivity contribution in [3.05, 3.63) is 117 Å². The highest BCUT2D eigenvalue weighted by molar-refractivity contribution is 7.11. The van der Waals surface area contributed by atoms with Gasteiger partial charge < -0.3 is 10.8 Å². The Morgan fingerprint density at radius 1 is 0.854 bits per heavy atom. The molecule has 0 spiro atoms. The van der Waals surface area contributed by atoms with Crippen LogP contribution in [0.1, 0.15) is 40.8 Å². The SMILES string of the molecule is CC(C)(O)c1cccc(Cc2cnc(Cc3nc(-c4cc(Cl)c5ncccc5c4)c(-c4ccccc4)nc3N)s2)n1. The van der Waals surface area contributed by atoms with Crippen LogP contribution in [0, 0.1) is 0 Å². The minimum atomic E-state index is -1.000. The highest BCUT2D eigenvalue weighted by atomic mass is 35.5. The molecule has 0 bridgehead atoms. The van der Waals surface area contributed by atoms with Crippen molar-refractivity contribution in [2.24, 2.45) is 0 Å². The highest BCUT2D eigenvalue weighted by Crippen LogP contribution is 2.35. The third-order valence-corrected chi connectivity index (χ3v) is 7.97. The fourth-order valence-electron chi connectivity index (χ4n) is 4.65. The first-order valence-corrected chi connectivity index (χ1v) is 14.3. The Balaban J connectivity index is 1.36. The maximum atomic E-state index is 10.3. The van der Waals surface area contributed by atoms with Crippen LogP contribution in [0.2, 0.25) is 5.02 Å². The first kappa shape index (κ1) is 27.0. The van der Waals surface area contributed by atoms with Crippen molar-refractivity contribution < 1.29 is 5.11 Å². The van der Waals surface area contributed by atoms with Crippen molar-refractivity contribution in [2.75, 3.05) is 5.73 Å². The van der Waals surface area contributed by atoms with E-state index in [4.69, 9.17) is 27.3 Å². The molecular formula is C32H27ClN6OS. The number of nitrogen functional groups attached to an aromatic ring is 1. The summed E-state index contributed by atoms with van der Waals surface area (Å²) in [6, 6.07) is 23.3. The molecule has 7 nitrogen and oxygen atoms in total. The van der Waals surface area contributed by atoms with Crippen LogP contribution in [0.5, 0.6) is 0 Å². The molecule has 4 aromatic heterocycles. The molecule has 9 heteroatoms. The molecule has 41 heavy (non-hydrogen) atoms. The number of aliphatic hydroxyl groups is 1. The number of rotatable bonds is 7. The molecule has 0 amide bonds. The zero-order valence-electron chi connectivity index (χ0n) is 22.5. The highest BCUT2D eigenvalue weighted by Gasteiger charge is 2.20. The van der Waals surface area contributed by atoms with Gasteiger partial charge in [0.05, 0.1) is 38.3 Å². The average molecular weight is 579 g/mol. The van der Waals surface area contributed by atoms with Crippen LogP contribution < -0.4 is 5.73 Å². The lowest BCUT2D eigenvalue weighted by atomic mass is 10.0. The molecule has 2 aromatic carbocycles. The van der Waals surface area contributed by atoms with Crippen LogP contribution >= 0.6 is 22.9 Å². The molecule has 6 aromatic rings. The van der Waals surface area contributed by atoms with E-state index in [9.17, 15) is 5.11 Å². The fraction of sp³-hybridized carbons (Fsp3) is 0.156. The van der Waals surface area contributed by atoms with Gasteiger partial charge in [0.25, 0.3) is 0 Å². The van der Waals surface area contributed by atoms with Crippen LogP contribution in [0.3, 0.4) is 0 Å². The first-order valence-electron chi connectivity index (χ1n) is 13.1. The van der Waals surface area contributed by atoms with E-state index < -0.39 is 5.60 Å². The molecule has 0 aliphatic rings. The van der Waals surface area contributed by atoms with E-state index >= 15 is 0 Å². The van der Waals surface area contributed by atoms with Gasteiger partial charge in [0.2, 0.25) is 0 Å². The molecule has 0 radical (unpaired) electrons. The fourth-order valence-corrected chi connectivity index (χ4v) is 5.87. The Bertz CT molecular complexity index is 1870. The zero-order valence-corrected chi connectivity index (χ0v) is 24.1. The van der Waals surface area contributed by atoms with Gasteiger partial charge in [-0.25, -0.2) is 15.0 Å². The Kier molecular flexibility index (Phi) is 7.21. The second-order valence-electron chi connectivity index (χ2n) is 10.3. The lowest BCUT2D eigenvalue weighted by molar-refractivity contribution is 0.0736. The number of nitrogens with zero attached hydrogens (tertiary/aromatic N) is 5. The van der Waals surface area contributed by atoms with Crippen LogP contribution in [-0.4, -0.2) is 30.0 Å². The summed E-state index contributed by atoms with van der Waals surface area (Å²) in [4.78, 5) is 24.6. The summed E-state index contributed by atoms with van der Waals surface area (Å²) in [7, 11) is 0. The molecule has 0 aliphatic heterocycles. The van der Waals surface area contributed by atoms with E-state index in [1.807, 2.05) is 79.0 Å². The van der Waals surface area contributed by atoms with Crippen molar-refractivity contribution in [1.29, 1.82) is 0 Å². The van der Waals surface area contributed by atoms with E-state index in [1.165, 1.54) is 0 Å². The molecule has 0 fully saturated rings. The Hall–Kier alpha value is -4.24. The van der Waals surface area contributed by atoms with Gasteiger partial charge in [-0.1, -0.05) is 54.1 Å². The minimum Gasteiger partial charge on any atom is -0.384 e. The topological polar surface area (TPSA) is 111 Å². The van der Waals surface area contributed by atoms with Crippen LogP contribution in [0.25, 0.3) is 33.4 Å². The molecule has 3 N–H and O–H groups in total. The Morgan fingerprint density at radius 2 is 1.66 bits per heavy atom. The summed E-state index contributed by atoms with van der Waals surface area (Å²) < 4.78 is 0. The third kappa shape index (κ3) is 5.81. The molecule has 0 atom stereocenters. The number of hydrogen-bond donors (Lipinski definition) is 2. The first-order chi connectivity index (χ1) is 19.7. The normalized spacial score (nSPS) is 11.7. The van der Waals surface area contributed by atoms with Crippen molar-refractivity contribution in [2.45, 2.75) is 32.3 Å². The minimum absolute atomic E-state index is 0.359. The van der Waals surface area contributed by atoms with E-state index in [-0.39, 0.29) is 0 Å². The van der Waals surface area contributed by atoms with E-state index in [1.54, 1.807) is 31.4 Å². The lowest BCUT2D eigenvalue weighted by Gasteiger charge is -2.16. The molecule has 204 valence electrons. The van der Waals surface area contributed by atoms with Crippen LogP contribution in [-0.2, 0) is 18.4 Å². The van der Waals surface area contributed by atoms with Gasteiger partial charge in [0.15, 0.2) is 0 Å². The molecular weight excluding hydrogens is 552 g/mol. The molecule has 0 unspecified atom stereocenters. The summed E-state index contributed by atoms with van der Waals surface area (Å²) in [6.07, 6.45) is 4.64. The second-order valence-corrected chi connectivity index (χ2v) is 11.9. The number of anilines is 1. The summed E-state index contributed by atoms with van der Waals surface area (Å²) in [5.41, 5.74) is 11.5. The number of aromatic nitrogens is 5. The number of pyridine rings is 2. The standard InChI is InChI=1S/C32H27ClN6OS/c1-32(2,40)26-12-6-11-22(37-26)16-23-18-36-27(41-23)17-25-31(34)39-29(19-8-4-3-5-9-19)30(38-25)21-14-20-10-7-13-35-28(20)24(33)15-21/h3-15,18,40H,16-17H2,1-2H3,(H2,34,39). The third-order valence-electron chi connectivity index (χ3n) is 6.69. The molecule has 0 saturated heterocycles. The van der Waals surface area contributed by atoms with Crippen molar-refractivity contribution in [3.8, 4) is 22.5 Å². The molecule has 0 saturated carbocycles. The molecule has 4 heterocycles. The second kappa shape index (κ2) is 11.0. The molecule has 6 rings (SSSR count). The van der Waals surface area contributed by atoms with Gasteiger partial charge in [0.1, 0.15) is 11.4 Å².